The SMILES string of the molecule is C=CC(C(C)C)n1ccnc1. The molecule has 0 saturated heterocycles. The number of hydrogen-bond donors (Lipinski definition) is 0. The van der Waals surface area contributed by atoms with Crippen molar-refractivity contribution in [2.75, 3.05) is 0 Å². The summed E-state index contributed by atoms with van der Waals surface area (Å²) >= 11 is 0. The number of nitrogens with zero attached hydrogens (tertiary/aromatic N) is 2. The van der Waals surface area contributed by atoms with Gasteiger partial charge in [-0.25, -0.2) is 4.98 Å². The normalized spacial score (nSPS) is 13.4. The second-order valence-corrected chi connectivity index (χ2v) is 2.98. The van der Waals surface area contributed by atoms with Gasteiger partial charge in [0.25, 0.3) is 0 Å². The summed E-state index contributed by atoms with van der Waals surface area (Å²) in [6, 6.07) is 0.373. The molecule has 0 amide bonds. The lowest BCUT2D eigenvalue weighted by Gasteiger charge is -2.17. The van der Waals surface area contributed by atoms with E-state index >= 15 is 0 Å². The number of allylic oxidation sites excluding steroid dienone is 1. The van der Waals surface area contributed by atoms with Crippen LogP contribution in [0.1, 0.15) is 19.9 Å². The maximum atomic E-state index is 3.99. The average molecular weight is 150 g/mol. The van der Waals surface area contributed by atoms with Gasteiger partial charge in [0.05, 0.1) is 12.4 Å². The van der Waals surface area contributed by atoms with Crippen molar-refractivity contribution in [3.05, 3.63) is 31.4 Å². The smallest absolute Gasteiger partial charge is 0.0951 e. The van der Waals surface area contributed by atoms with E-state index in [1.165, 1.54) is 0 Å². The molecule has 2 nitrogen and oxygen atoms in total. The van der Waals surface area contributed by atoms with Crippen molar-refractivity contribution in [3.63, 3.8) is 0 Å². The lowest BCUT2D eigenvalue weighted by Crippen LogP contribution is -2.10. The Morgan fingerprint density at radius 3 is 2.64 bits per heavy atom. The average Bonchev–Trinajstić information content (AvgIpc) is 2.40. The van der Waals surface area contributed by atoms with E-state index in [4.69, 9.17) is 0 Å². The molecular weight excluding hydrogens is 136 g/mol. The van der Waals surface area contributed by atoms with Gasteiger partial charge in [0, 0.05) is 12.4 Å². The third kappa shape index (κ3) is 1.70. The van der Waals surface area contributed by atoms with E-state index in [2.05, 4.69) is 30.0 Å². The Bertz CT molecular complexity index is 211. The zero-order chi connectivity index (χ0) is 8.27. The standard InChI is InChI=1S/C9H14N2/c1-4-9(8(2)3)11-6-5-10-7-11/h4-9H,1H2,2-3H3. The molecule has 1 aromatic heterocycles. The van der Waals surface area contributed by atoms with Crippen molar-refractivity contribution in [1.82, 2.24) is 9.55 Å². The highest BCUT2D eigenvalue weighted by Gasteiger charge is 2.09. The predicted molar refractivity (Wildman–Crippen MR) is 46.3 cm³/mol. The van der Waals surface area contributed by atoms with Crippen molar-refractivity contribution in [3.8, 4) is 0 Å². The molecule has 60 valence electrons. The fraction of sp³-hybridized carbons (Fsp3) is 0.444. The van der Waals surface area contributed by atoms with Crippen LogP contribution in [0.5, 0.6) is 0 Å². The van der Waals surface area contributed by atoms with Crippen molar-refractivity contribution < 1.29 is 0 Å². The molecule has 0 spiro atoms. The maximum Gasteiger partial charge on any atom is 0.0951 e. The molecule has 0 bridgehead atoms. The van der Waals surface area contributed by atoms with Gasteiger partial charge in [-0.1, -0.05) is 19.9 Å². The third-order valence-electron chi connectivity index (χ3n) is 1.79. The van der Waals surface area contributed by atoms with Gasteiger partial charge in [0.1, 0.15) is 0 Å². The Morgan fingerprint density at radius 2 is 2.27 bits per heavy atom. The van der Waals surface area contributed by atoms with E-state index in [0.717, 1.165) is 0 Å². The lowest BCUT2D eigenvalue weighted by molar-refractivity contribution is 0.450. The van der Waals surface area contributed by atoms with Crippen molar-refractivity contribution in [2.45, 2.75) is 19.9 Å². The highest BCUT2D eigenvalue weighted by atomic mass is 15.0. The molecule has 0 aromatic carbocycles. The molecule has 1 rings (SSSR count). The molecule has 11 heavy (non-hydrogen) atoms. The lowest BCUT2D eigenvalue weighted by atomic mass is 10.1. The van der Waals surface area contributed by atoms with Gasteiger partial charge < -0.3 is 4.57 Å². The van der Waals surface area contributed by atoms with Gasteiger partial charge >= 0.3 is 0 Å². The largest absolute Gasteiger partial charge is 0.330 e. The van der Waals surface area contributed by atoms with E-state index in [1.807, 2.05) is 18.6 Å². The topological polar surface area (TPSA) is 17.8 Å². The molecule has 0 N–H and O–H groups in total. The third-order valence-corrected chi connectivity index (χ3v) is 1.79. The summed E-state index contributed by atoms with van der Waals surface area (Å²) in [7, 11) is 0. The summed E-state index contributed by atoms with van der Waals surface area (Å²) in [5, 5.41) is 0. The van der Waals surface area contributed by atoms with Crippen LogP contribution in [-0.2, 0) is 0 Å². The van der Waals surface area contributed by atoms with Crippen molar-refractivity contribution >= 4 is 0 Å². The molecular formula is C9H14N2. The quantitative estimate of drug-likeness (QED) is 0.604. The van der Waals surface area contributed by atoms with E-state index in [0.29, 0.717) is 12.0 Å². The fourth-order valence-electron chi connectivity index (χ4n) is 1.18. The van der Waals surface area contributed by atoms with Crippen molar-refractivity contribution in [1.29, 1.82) is 0 Å². The Balaban J connectivity index is 2.79. The minimum absolute atomic E-state index is 0.373. The molecule has 0 aliphatic carbocycles. The van der Waals surface area contributed by atoms with Gasteiger partial charge in [-0.15, -0.1) is 6.58 Å². The molecule has 1 atom stereocenters. The van der Waals surface area contributed by atoms with Crippen LogP contribution in [-0.4, -0.2) is 9.55 Å². The Hall–Kier alpha value is -1.05. The van der Waals surface area contributed by atoms with E-state index in [9.17, 15) is 0 Å². The molecule has 0 aliphatic rings. The van der Waals surface area contributed by atoms with Gasteiger partial charge in [-0.2, -0.15) is 0 Å². The molecule has 0 saturated carbocycles. The Labute approximate surface area is 67.6 Å². The summed E-state index contributed by atoms with van der Waals surface area (Å²) in [6.45, 7) is 8.14. The second kappa shape index (κ2) is 3.37. The molecule has 1 unspecified atom stereocenters. The van der Waals surface area contributed by atoms with Crippen LogP contribution < -0.4 is 0 Å². The summed E-state index contributed by atoms with van der Waals surface area (Å²) in [6.07, 6.45) is 7.53. The first-order chi connectivity index (χ1) is 5.25. The summed E-state index contributed by atoms with van der Waals surface area (Å²) in [4.78, 5) is 3.99. The first-order valence-electron chi connectivity index (χ1n) is 3.85. The molecule has 0 aliphatic heterocycles. The Kier molecular flexibility index (Phi) is 2.47. The zero-order valence-corrected chi connectivity index (χ0v) is 7.07. The molecule has 2 heteroatoms. The monoisotopic (exact) mass is 150 g/mol. The first-order valence-corrected chi connectivity index (χ1v) is 3.85. The van der Waals surface area contributed by atoms with Crippen LogP contribution in [0.15, 0.2) is 31.4 Å². The second-order valence-electron chi connectivity index (χ2n) is 2.98. The van der Waals surface area contributed by atoms with Crippen LogP contribution in [0.4, 0.5) is 0 Å². The zero-order valence-electron chi connectivity index (χ0n) is 7.07. The van der Waals surface area contributed by atoms with Crippen LogP contribution in [0.2, 0.25) is 0 Å². The van der Waals surface area contributed by atoms with E-state index in [1.54, 1.807) is 6.20 Å². The van der Waals surface area contributed by atoms with E-state index in [-0.39, 0.29) is 0 Å². The number of hydrogen-bond acceptors (Lipinski definition) is 1. The molecule has 1 heterocycles. The summed E-state index contributed by atoms with van der Waals surface area (Å²) in [5.41, 5.74) is 0. The van der Waals surface area contributed by atoms with Gasteiger partial charge in [-0.3, -0.25) is 0 Å². The first kappa shape index (κ1) is 8.05. The number of imidazole rings is 1. The molecule has 0 radical (unpaired) electrons. The highest BCUT2D eigenvalue weighted by molar-refractivity contribution is 4.91. The van der Waals surface area contributed by atoms with Crippen LogP contribution in [0.25, 0.3) is 0 Å². The Morgan fingerprint density at radius 1 is 1.55 bits per heavy atom. The minimum Gasteiger partial charge on any atom is -0.330 e. The minimum atomic E-state index is 0.373. The van der Waals surface area contributed by atoms with Crippen LogP contribution >= 0.6 is 0 Å². The predicted octanol–water partition coefficient (Wildman–Crippen LogP) is 2.27. The van der Waals surface area contributed by atoms with Gasteiger partial charge in [-0.05, 0) is 5.92 Å². The van der Waals surface area contributed by atoms with E-state index < -0.39 is 0 Å². The molecule has 1 aromatic rings. The van der Waals surface area contributed by atoms with Crippen molar-refractivity contribution in [2.24, 2.45) is 5.92 Å². The maximum absolute atomic E-state index is 3.99. The highest BCUT2D eigenvalue weighted by Crippen LogP contribution is 2.17. The molecule has 0 fully saturated rings. The van der Waals surface area contributed by atoms with Gasteiger partial charge in [0.15, 0.2) is 0 Å². The summed E-state index contributed by atoms with van der Waals surface area (Å²) < 4.78 is 2.07. The summed E-state index contributed by atoms with van der Waals surface area (Å²) in [5.74, 6) is 0.571. The van der Waals surface area contributed by atoms with Crippen LogP contribution in [0.3, 0.4) is 0 Å². The fourth-order valence-corrected chi connectivity index (χ4v) is 1.18. The van der Waals surface area contributed by atoms with Crippen LogP contribution in [0, 0.1) is 5.92 Å². The number of rotatable bonds is 3. The van der Waals surface area contributed by atoms with Gasteiger partial charge in [0.2, 0.25) is 0 Å². The number of aromatic nitrogens is 2.